The third-order valence-electron chi connectivity index (χ3n) is 4.12. The SMILES string of the molecule is Nn1c(SCC(=O)Nc2ccc3c(c2)CCC3)nnc1-c1cccs1. The molecule has 3 aromatic rings. The summed E-state index contributed by atoms with van der Waals surface area (Å²) < 4.78 is 1.43. The van der Waals surface area contributed by atoms with E-state index in [1.54, 1.807) is 11.3 Å². The second-order valence-electron chi connectivity index (χ2n) is 5.83. The van der Waals surface area contributed by atoms with Gasteiger partial charge in [0.25, 0.3) is 0 Å². The molecule has 6 nitrogen and oxygen atoms in total. The van der Waals surface area contributed by atoms with Crippen LogP contribution in [0.1, 0.15) is 17.5 Å². The Morgan fingerprint density at radius 3 is 3.00 bits per heavy atom. The molecule has 1 aliphatic rings. The number of carbonyl (C=O) groups is 1. The molecule has 128 valence electrons. The van der Waals surface area contributed by atoms with Crippen molar-refractivity contribution < 1.29 is 4.79 Å². The zero-order chi connectivity index (χ0) is 17.2. The van der Waals surface area contributed by atoms with Gasteiger partial charge in [-0.3, -0.25) is 4.79 Å². The number of carbonyl (C=O) groups excluding carboxylic acids is 1. The molecule has 0 bridgehead atoms. The number of thiophene rings is 1. The number of aryl methyl sites for hydroxylation is 2. The molecule has 1 amide bonds. The maximum absolute atomic E-state index is 12.2. The van der Waals surface area contributed by atoms with Crippen molar-refractivity contribution >= 4 is 34.7 Å². The summed E-state index contributed by atoms with van der Waals surface area (Å²) in [4.78, 5) is 13.2. The van der Waals surface area contributed by atoms with Crippen molar-refractivity contribution in [1.29, 1.82) is 0 Å². The quantitative estimate of drug-likeness (QED) is 0.532. The third kappa shape index (κ3) is 3.40. The Morgan fingerprint density at radius 2 is 2.16 bits per heavy atom. The lowest BCUT2D eigenvalue weighted by Crippen LogP contribution is -2.16. The lowest BCUT2D eigenvalue weighted by molar-refractivity contribution is -0.113. The number of anilines is 1. The average Bonchev–Trinajstić information content (AvgIpc) is 3.33. The molecule has 0 atom stereocenters. The first-order valence-corrected chi connectivity index (χ1v) is 9.86. The van der Waals surface area contributed by atoms with Crippen LogP contribution in [-0.4, -0.2) is 26.5 Å². The van der Waals surface area contributed by atoms with Crippen LogP contribution in [0, 0.1) is 0 Å². The molecule has 2 aromatic heterocycles. The summed E-state index contributed by atoms with van der Waals surface area (Å²) in [6.07, 6.45) is 3.43. The summed E-state index contributed by atoms with van der Waals surface area (Å²) in [5, 5.41) is 13.6. The second kappa shape index (κ2) is 6.89. The standard InChI is InChI=1S/C17H17N5OS2/c18-22-16(14-5-2-8-24-14)20-21-17(22)25-10-15(23)19-13-7-6-11-3-1-4-12(11)9-13/h2,5-9H,1,3-4,10,18H2,(H,19,23). The van der Waals surface area contributed by atoms with Crippen LogP contribution in [0.3, 0.4) is 0 Å². The molecule has 0 unspecified atom stereocenters. The monoisotopic (exact) mass is 371 g/mol. The number of aromatic nitrogens is 3. The van der Waals surface area contributed by atoms with E-state index in [4.69, 9.17) is 5.84 Å². The Balaban J connectivity index is 1.38. The highest BCUT2D eigenvalue weighted by atomic mass is 32.2. The minimum absolute atomic E-state index is 0.0800. The highest BCUT2D eigenvalue weighted by Gasteiger charge is 2.15. The van der Waals surface area contributed by atoms with Crippen LogP contribution < -0.4 is 11.2 Å². The van der Waals surface area contributed by atoms with Crippen LogP contribution in [0.25, 0.3) is 10.7 Å². The molecule has 1 aromatic carbocycles. The van der Waals surface area contributed by atoms with Gasteiger partial charge in [0, 0.05) is 5.69 Å². The summed E-state index contributed by atoms with van der Waals surface area (Å²) in [5.41, 5.74) is 3.58. The van der Waals surface area contributed by atoms with Gasteiger partial charge in [0.05, 0.1) is 10.6 Å². The van der Waals surface area contributed by atoms with Gasteiger partial charge in [-0.15, -0.1) is 21.5 Å². The molecule has 0 saturated carbocycles. The van der Waals surface area contributed by atoms with Crippen LogP contribution in [0.5, 0.6) is 0 Å². The Hall–Kier alpha value is -2.32. The average molecular weight is 371 g/mol. The van der Waals surface area contributed by atoms with Gasteiger partial charge in [-0.25, -0.2) is 4.68 Å². The number of thioether (sulfide) groups is 1. The molecule has 25 heavy (non-hydrogen) atoms. The van der Waals surface area contributed by atoms with Gasteiger partial charge in [-0.1, -0.05) is 23.9 Å². The predicted molar refractivity (Wildman–Crippen MR) is 101 cm³/mol. The minimum atomic E-state index is -0.0800. The fourth-order valence-corrected chi connectivity index (χ4v) is 4.29. The van der Waals surface area contributed by atoms with Crippen molar-refractivity contribution in [3.63, 3.8) is 0 Å². The van der Waals surface area contributed by atoms with Crippen LogP contribution in [0.15, 0.2) is 40.9 Å². The first-order chi connectivity index (χ1) is 12.2. The van der Waals surface area contributed by atoms with Crippen LogP contribution >= 0.6 is 23.1 Å². The van der Waals surface area contributed by atoms with E-state index in [1.165, 1.54) is 34.0 Å². The smallest absolute Gasteiger partial charge is 0.234 e. The van der Waals surface area contributed by atoms with E-state index < -0.39 is 0 Å². The molecular weight excluding hydrogens is 354 g/mol. The highest BCUT2D eigenvalue weighted by Crippen LogP contribution is 2.26. The fourth-order valence-electron chi connectivity index (χ4n) is 2.93. The summed E-state index contributed by atoms with van der Waals surface area (Å²) in [5.74, 6) is 6.80. The minimum Gasteiger partial charge on any atom is -0.335 e. The number of benzene rings is 1. The number of nitrogens with one attached hydrogen (secondary N) is 1. The van der Waals surface area contributed by atoms with Crippen molar-refractivity contribution in [2.24, 2.45) is 0 Å². The zero-order valence-electron chi connectivity index (χ0n) is 13.4. The molecule has 8 heteroatoms. The summed E-state index contributed by atoms with van der Waals surface area (Å²) in [6.45, 7) is 0. The molecule has 0 saturated heterocycles. The van der Waals surface area contributed by atoms with Crippen molar-refractivity contribution in [3.8, 4) is 10.7 Å². The highest BCUT2D eigenvalue weighted by molar-refractivity contribution is 7.99. The maximum Gasteiger partial charge on any atom is 0.234 e. The Labute approximate surface area is 153 Å². The van der Waals surface area contributed by atoms with E-state index in [9.17, 15) is 4.79 Å². The molecule has 4 rings (SSSR count). The summed E-state index contributed by atoms with van der Waals surface area (Å²) >= 11 is 2.82. The number of rotatable bonds is 5. The van der Waals surface area contributed by atoms with Crippen LogP contribution in [0.4, 0.5) is 5.69 Å². The molecule has 3 N–H and O–H groups in total. The summed E-state index contributed by atoms with van der Waals surface area (Å²) in [6, 6.07) is 10.0. The molecule has 2 heterocycles. The normalized spacial score (nSPS) is 13.0. The van der Waals surface area contributed by atoms with E-state index in [2.05, 4.69) is 27.6 Å². The van der Waals surface area contributed by atoms with Gasteiger partial charge in [0.1, 0.15) is 0 Å². The third-order valence-corrected chi connectivity index (χ3v) is 5.93. The fraction of sp³-hybridized carbons (Fsp3) is 0.235. The van der Waals surface area contributed by atoms with Crippen LogP contribution in [-0.2, 0) is 17.6 Å². The lowest BCUT2D eigenvalue weighted by Gasteiger charge is -2.07. The van der Waals surface area contributed by atoms with Gasteiger partial charge in [-0.2, -0.15) is 0 Å². The predicted octanol–water partition coefficient (Wildman–Crippen LogP) is 2.94. The van der Waals surface area contributed by atoms with Crippen molar-refractivity contribution in [2.45, 2.75) is 24.4 Å². The van der Waals surface area contributed by atoms with E-state index >= 15 is 0 Å². The van der Waals surface area contributed by atoms with Gasteiger partial charge < -0.3 is 11.2 Å². The van der Waals surface area contributed by atoms with E-state index in [0.717, 1.165) is 23.4 Å². The number of hydrogen-bond donors (Lipinski definition) is 2. The second-order valence-corrected chi connectivity index (χ2v) is 7.72. The number of amides is 1. The molecule has 0 radical (unpaired) electrons. The number of fused-ring (bicyclic) bond motifs is 1. The number of nitrogen functional groups attached to an aromatic ring is 1. The van der Waals surface area contributed by atoms with Gasteiger partial charge >= 0.3 is 0 Å². The van der Waals surface area contributed by atoms with Gasteiger partial charge in [-0.05, 0) is 54.0 Å². The summed E-state index contributed by atoms with van der Waals surface area (Å²) in [7, 11) is 0. The molecule has 0 aliphatic heterocycles. The van der Waals surface area contributed by atoms with E-state index in [1.807, 2.05) is 23.6 Å². The van der Waals surface area contributed by atoms with Crippen LogP contribution in [0.2, 0.25) is 0 Å². The number of nitrogens with zero attached hydrogens (tertiary/aromatic N) is 3. The maximum atomic E-state index is 12.2. The Kier molecular flexibility index (Phi) is 4.46. The number of hydrogen-bond acceptors (Lipinski definition) is 6. The molecule has 0 spiro atoms. The van der Waals surface area contributed by atoms with Crippen molar-refractivity contribution in [1.82, 2.24) is 14.9 Å². The Bertz CT molecular complexity index is 904. The Morgan fingerprint density at radius 1 is 1.28 bits per heavy atom. The van der Waals surface area contributed by atoms with Crippen molar-refractivity contribution in [3.05, 3.63) is 46.8 Å². The van der Waals surface area contributed by atoms with E-state index in [-0.39, 0.29) is 11.7 Å². The largest absolute Gasteiger partial charge is 0.335 e. The van der Waals surface area contributed by atoms with Gasteiger partial charge in [0.15, 0.2) is 5.82 Å². The molecule has 0 fully saturated rings. The lowest BCUT2D eigenvalue weighted by atomic mass is 10.1. The van der Waals surface area contributed by atoms with Crippen molar-refractivity contribution in [2.75, 3.05) is 16.9 Å². The molecular formula is C17H17N5OS2. The first-order valence-electron chi connectivity index (χ1n) is 7.99. The van der Waals surface area contributed by atoms with E-state index in [0.29, 0.717) is 11.0 Å². The topological polar surface area (TPSA) is 85.8 Å². The first kappa shape index (κ1) is 16.2. The zero-order valence-corrected chi connectivity index (χ0v) is 15.1. The number of nitrogens with two attached hydrogens (primary N) is 1. The van der Waals surface area contributed by atoms with Gasteiger partial charge in [0.2, 0.25) is 11.1 Å². The molecule has 1 aliphatic carbocycles.